The van der Waals surface area contributed by atoms with Gasteiger partial charge in [0, 0.05) is 10.8 Å². The number of hydrogen-bond donors (Lipinski definition) is 0. The first-order chi connectivity index (χ1) is 6.97. The minimum absolute atomic E-state index is 0.0191. The molecule has 0 spiro atoms. The van der Waals surface area contributed by atoms with Crippen molar-refractivity contribution < 1.29 is 4.79 Å². The second-order valence-corrected chi connectivity index (χ2v) is 6.39. The Bertz CT molecular complexity index is 368. The molecule has 4 unspecified atom stereocenters. The Morgan fingerprint density at radius 2 is 2.13 bits per heavy atom. The molecule has 0 N–H and O–H groups in total. The first kappa shape index (κ1) is 9.62. The van der Waals surface area contributed by atoms with Gasteiger partial charge in [0.15, 0.2) is 0 Å². The van der Waals surface area contributed by atoms with E-state index in [1.54, 1.807) is 0 Å². The molecule has 0 aromatic carbocycles. The Morgan fingerprint density at radius 1 is 1.40 bits per heavy atom. The molecule has 4 atom stereocenters. The number of carbonyl (C=O) groups excluding carboxylic acids is 1. The van der Waals surface area contributed by atoms with Crippen molar-refractivity contribution in [2.24, 2.45) is 22.7 Å². The SMILES string of the molecule is CC1=CC2(C)CC3CCCC(C)(C2=O)C13. The highest BCUT2D eigenvalue weighted by Crippen LogP contribution is 2.62. The van der Waals surface area contributed by atoms with Crippen LogP contribution in [0.2, 0.25) is 0 Å². The maximum absolute atomic E-state index is 12.5. The predicted molar refractivity (Wildman–Crippen MR) is 60.4 cm³/mol. The number of carbonyl (C=O) groups is 1. The smallest absolute Gasteiger partial charge is 0.148 e. The molecule has 4 aliphatic rings. The summed E-state index contributed by atoms with van der Waals surface area (Å²) in [6.45, 7) is 6.62. The van der Waals surface area contributed by atoms with Crippen molar-refractivity contribution in [1.82, 2.24) is 0 Å². The van der Waals surface area contributed by atoms with Crippen molar-refractivity contribution in [2.75, 3.05) is 0 Å². The van der Waals surface area contributed by atoms with E-state index in [9.17, 15) is 4.79 Å². The van der Waals surface area contributed by atoms with E-state index in [-0.39, 0.29) is 10.8 Å². The largest absolute Gasteiger partial charge is 0.298 e. The fourth-order valence-corrected chi connectivity index (χ4v) is 4.93. The van der Waals surface area contributed by atoms with Crippen LogP contribution >= 0.6 is 0 Å². The van der Waals surface area contributed by atoms with Gasteiger partial charge in [-0.2, -0.15) is 0 Å². The molecule has 1 heteroatoms. The van der Waals surface area contributed by atoms with Gasteiger partial charge < -0.3 is 0 Å². The standard InChI is InChI=1S/C14H20O/c1-9-7-13(2)8-10-5-4-6-14(3,11(9)10)12(13)15/h7,10-11H,4-6,8H2,1-3H3. The highest BCUT2D eigenvalue weighted by atomic mass is 16.1. The molecule has 0 saturated heterocycles. The number of hydrogen-bond acceptors (Lipinski definition) is 1. The van der Waals surface area contributed by atoms with E-state index in [1.165, 1.54) is 18.4 Å². The Balaban J connectivity index is 2.20. The summed E-state index contributed by atoms with van der Waals surface area (Å²) in [7, 11) is 0. The van der Waals surface area contributed by atoms with Crippen molar-refractivity contribution in [3.8, 4) is 0 Å². The van der Waals surface area contributed by atoms with E-state index >= 15 is 0 Å². The van der Waals surface area contributed by atoms with E-state index in [2.05, 4.69) is 26.8 Å². The molecule has 0 aliphatic heterocycles. The zero-order chi connectivity index (χ0) is 10.8. The van der Waals surface area contributed by atoms with Gasteiger partial charge in [0.25, 0.3) is 0 Å². The van der Waals surface area contributed by atoms with E-state index in [0.29, 0.717) is 11.7 Å². The molecule has 0 radical (unpaired) electrons. The molecule has 2 saturated carbocycles. The van der Waals surface area contributed by atoms with Crippen molar-refractivity contribution in [3.05, 3.63) is 11.6 Å². The minimum Gasteiger partial charge on any atom is -0.298 e. The summed E-state index contributed by atoms with van der Waals surface area (Å²) in [6, 6.07) is 0. The quantitative estimate of drug-likeness (QED) is 0.553. The minimum atomic E-state index is -0.126. The number of rotatable bonds is 0. The van der Waals surface area contributed by atoms with Crippen LogP contribution in [-0.4, -0.2) is 5.78 Å². The second kappa shape index (κ2) is 2.56. The molecule has 0 aromatic rings. The van der Waals surface area contributed by atoms with Gasteiger partial charge in [0.05, 0.1) is 0 Å². The maximum atomic E-state index is 12.5. The topological polar surface area (TPSA) is 17.1 Å². The van der Waals surface area contributed by atoms with Gasteiger partial charge in [-0.1, -0.05) is 25.0 Å². The lowest BCUT2D eigenvalue weighted by Gasteiger charge is -2.58. The molecule has 15 heavy (non-hydrogen) atoms. The van der Waals surface area contributed by atoms with Crippen molar-refractivity contribution in [3.63, 3.8) is 0 Å². The van der Waals surface area contributed by atoms with Crippen LogP contribution in [-0.2, 0) is 4.79 Å². The van der Waals surface area contributed by atoms with Crippen LogP contribution in [0.4, 0.5) is 0 Å². The van der Waals surface area contributed by atoms with Gasteiger partial charge >= 0.3 is 0 Å². The van der Waals surface area contributed by atoms with Crippen LogP contribution in [0.15, 0.2) is 11.6 Å². The number of allylic oxidation sites excluding steroid dienone is 2. The first-order valence-corrected chi connectivity index (χ1v) is 6.22. The van der Waals surface area contributed by atoms with E-state index < -0.39 is 0 Å². The van der Waals surface area contributed by atoms with Crippen LogP contribution in [0.1, 0.15) is 46.5 Å². The molecule has 0 heterocycles. The van der Waals surface area contributed by atoms with E-state index in [0.717, 1.165) is 18.8 Å². The highest BCUT2D eigenvalue weighted by molar-refractivity contribution is 5.94. The lowest BCUT2D eigenvalue weighted by atomic mass is 9.44. The summed E-state index contributed by atoms with van der Waals surface area (Å²) in [4.78, 5) is 12.5. The van der Waals surface area contributed by atoms with Crippen LogP contribution < -0.4 is 0 Å². The molecule has 82 valence electrons. The van der Waals surface area contributed by atoms with Crippen molar-refractivity contribution in [1.29, 1.82) is 0 Å². The van der Waals surface area contributed by atoms with Crippen molar-refractivity contribution >= 4 is 5.78 Å². The van der Waals surface area contributed by atoms with Gasteiger partial charge in [-0.25, -0.2) is 0 Å². The normalized spacial score (nSPS) is 53.0. The zero-order valence-electron chi connectivity index (χ0n) is 9.97. The fourth-order valence-electron chi connectivity index (χ4n) is 4.93. The lowest BCUT2D eigenvalue weighted by molar-refractivity contribution is -0.152. The predicted octanol–water partition coefficient (Wildman–Crippen LogP) is 3.35. The van der Waals surface area contributed by atoms with E-state index in [4.69, 9.17) is 0 Å². The Hall–Kier alpha value is -0.590. The van der Waals surface area contributed by atoms with Crippen molar-refractivity contribution in [2.45, 2.75) is 46.5 Å². The Kier molecular flexibility index (Phi) is 1.64. The molecule has 4 rings (SSSR count). The Morgan fingerprint density at radius 3 is 2.87 bits per heavy atom. The molecule has 2 fully saturated rings. The third kappa shape index (κ3) is 0.971. The van der Waals surface area contributed by atoms with E-state index in [1.807, 2.05) is 0 Å². The maximum Gasteiger partial charge on any atom is 0.148 e. The molecular weight excluding hydrogens is 184 g/mol. The summed E-state index contributed by atoms with van der Waals surface area (Å²) >= 11 is 0. The van der Waals surface area contributed by atoms with Gasteiger partial charge in [-0.05, 0) is 44.9 Å². The van der Waals surface area contributed by atoms with Crippen LogP contribution in [0.3, 0.4) is 0 Å². The molecular formula is C14H20O. The summed E-state index contributed by atoms with van der Waals surface area (Å²) in [5.41, 5.74) is 1.35. The highest BCUT2D eigenvalue weighted by Gasteiger charge is 2.60. The average Bonchev–Trinajstić information content (AvgIpc) is 2.13. The Labute approximate surface area is 91.9 Å². The van der Waals surface area contributed by atoms with Gasteiger partial charge in [0.1, 0.15) is 5.78 Å². The second-order valence-electron chi connectivity index (χ2n) is 6.39. The number of Topliss-reactive ketones (excluding diaryl/α,β-unsaturated/α-hetero) is 1. The van der Waals surface area contributed by atoms with Crippen LogP contribution in [0.25, 0.3) is 0 Å². The van der Waals surface area contributed by atoms with Gasteiger partial charge in [0.2, 0.25) is 0 Å². The van der Waals surface area contributed by atoms with Crippen LogP contribution in [0.5, 0.6) is 0 Å². The first-order valence-electron chi connectivity index (χ1n) is 6.22. The third-order valence-electron chi connectivity index (χ3n) is 5.19. The summed E-state index contributed by atoms with van der Waals surface area (Å²) in [5, 5.41) is 0. The zero-order valence-corrected chi connectivity index (χ0v) is 9.97. The summed E-state index contributed by atoms with van der Waals surface area (Å²) in [6.07, 6.45) is 7.10. The monoisotopic (exact) mass is 204 g/mol. The summed E-state index contributed by atoms with van der Waals surface area (Å²) in [5.74, 6) is 1.89. The molecule has 1 nitrogen and oxygen atoms in total. The summed E-state index contributed by atoms with van der Waals surface area (Å²) < 4.78 is 0. The van der Waals surface area contributed by atoms with Crippen LogP contribution in [0, 0.1) is 22.7 Å². The number of ketones is 1. The molecule has 0 aromatic heterocycles. The molecule has 0 amide bonds. The average molecular weight is 204 g/mol. The van der Waals surface area contributed by atoms with Gasteiger partial charge in [-0.3, -0.25) is 4.79 Å². The lowest BCUT2D eigenvalue weighted by Crippen LogP contribution is -2.58. The third-order valence-corrected chi connectivity index (χ3v) is 5.19. The molecule has 4 aliphatic carbocycles. The molecule has 4 bridgehead atoms. The fraction of sp³-hybridized carbons (Fsp3) is 0.786. The van der Waals surface area contributed by atoms with Gasteiger partial charge in [-0.15, -0.1) is 0 Å².